The first-order valence-electron chi connectivity index (χ1n) is 2.98. The number of phenols is 1. The third kappa shape index (κ3) is 5.77. The second kappa shape index (κ2) is 8.42. The molecule has 0 aromatic heterocycles. The maximum Gasteiger partial charge on any atom is 0.294 e. The fourth-order valence-electron chi connectivity index (χ4n) is 0.691. The summed E-state index contributed by atoms with van der Waals surface area (Å²) >= 11 is 3.57. The molecule has 6 N–H and O–H groups in total. The number of halogens is 2. The zero-order valence-corrected chi connectivity index (χ0v) is 15.2. The van der Waals surface area contributed by atoms with Crippen LogP contribution in [0.1, 0.15) is 0 Å². The Hall–Kier alpha value is 1.31. The summed E-state index contributed by atoms with van der Waals surface area (Å²) in [6.45, 7) is 0. The number of aromatic hydroxyl groups is 1. The Balaban J connectivity index is -0.000000563. The molecule has 0 aliphatic carbocycles. The van der Waals surface area contributed by atoms with Crippen molar-refractivity contribution in [2.75, 3.05) is 0 Å². The van der Waals surface area contributed by atoms with Gasteiger partial charge in [0.05, 0.1) is 12.0 Å². The Kier molecular flexibility index (Phi) is 11.8. The Morgan fingerprint density at radius 3 is 1.62 bits per heavy atom. The van der Waals surface area contributed by atoms with Crippen LogP contribution < -0.4 is 0 Å². The quantitative estimate of drug-likeness (QED) is 0.324. The molecule has 0 fully saturated rings. The van der Waals surface area contributed by atoms with Crippen molar-refractivity contribution in [1.82, 2.24) is 0 Å². The second-order valence-electron chi connectivity index (χ2n) is 2.21. The van der Waals surface area contributed by atoms with Crippen molar-refractivity contribution in [1.29, 1.82) is 0 Å². The number of hydrogen-bond donors (Lipinski definition) is 2. The van der Waals surface area contributed by atoms with E-state index in [0.717, 1.165) is 0 Å². The van der Waals surface area contributed by atoms with Gasteiger partial charge in [-0.15, -0.1) is 0 Å². The summed E-state index contributed by atoms with van der Waals surface area (Å²) in [6, 6.07) is 2.40. The minimum atomic E-state index is -4.19. The molecule has 1 rings (SSSR count). The van der Waals surface area contributed by atoms with Crippen molar-refractivity contribution < 1.29 is 29.0 Å². The van der Waals surface area contributed by atoms with Gasteiger partial charge in [-0.2, -0.15) is 8.42 Å². The van der Waals surface area contributed by atoms with Crippen LogP contribution in [0.15, 0.2) is 17.0 Å². The summed E-state index contributed by atoms with van der Waals surface area (Å²) in [5.41, 5.74) is 0. The van der Waals surface area contributed by atoms with E-state index in [1.807, 2.05) is 0 Å². The molecule has 16 heavy (non-hydrogen) atoms. The topological polar surface area (TPSA) is 138 Å². The minimum absolute atomic E-state index is 0. The Morgan fingerprint density at radius 2 is 1.38 bits per heavy atom. The van der Waals surface area contributed by atoms with Crippen molar-refractivity contribution in [2.24, 2.45) is 0 Å². The number of phenolic OH excluding ortho intramolecular Hbond substituents is 1. The van der Waals surface area contributed by atoms with Crippen LogP contribution in [0, 0.1) is 7.14 Å². The third-order valence-electron chi connectivity index (χ3n) is 1.29. The molecule has 89 valence electrons. The van der Waals surface area contributed by atoms with Gasteiger partial charge in [0.15, 0.2) is 0 Å². The van der Waals surface area contributed by atoms with Crippen molar-refractivity contribution in [2.45, 2.75) is 4.90 Å². The van der Waals surface area contributed by atoms with Gasteiger partial charge in [-0.1, -0.05) is 0 Å². The standard InChI is InChI=1S/C6H4I2O4S.Na.2H2O/c7-4-1-3(13(10,11)12)2-5(8)6(4)9;;;/h1-2,9H,(H,10,11,12);;2*1H2. The summed E-state index contributed by atoms with van der Waals surface area (Å²) in [5, 5.41) is 9.31. The molecule has 10 heteroatoms. The second-order valence-corrected chi connectivity index (χ2v) is 5.96. The van der Waals surface area contributed by atoms with E-state index >= 15 is 0 Å². The smallest absolute Gasteiger partial charge is 0.294 e. The van der Waals surface area contributed by atoms with E-state index in [4.69, 9.17) is 4.55 Å². The van der Waals surface area contributed by atoms with E-state index in [-0.39, 0.29) is 51.2 Å². The van der Waals surface area contributed by atoms with Gasteiger partial charge in [-0.25, -0.2) is 0 Å². The van der Waals surface area contributed by atoms with E-state index in [2.05, 4.69) is 0 Å². The Morgan fingerprint density at radius 1 is 1.06 bits per heavy atom. The zero-order valence-electron chi connectivity index (χ0n) is 8.03. The van der Waals surface area contributed by atoms with Crippen LogP contribution in [-0.4, -0.2) is 58.6 Å². The molecule has 0 saturated heterocycles. The van der Waals surface area contributed by atoms with Gasteiger partial charge in [0.1, 0.15) is 5.75 Å². The van der Waals surface area contributed by atoms with Crippen LogP contribution in [-0.2, 0) is 10.1 Å². The number of benzene rings is 1. The van der Waals surface area contributed by atoms with Crippen LogP contribution in [0.25, 0.3) is 0 Å². The van der Waals surface area contributed by atoms with Crippen LogP contribution in [0.4, 0.5) is 0 Å². The van der Waals surface area contributed by atoms with E-state index < -0.39 is 10.1 Å². The van der Waals surface area contributed by atoms with Crippen LogP contribution in [0.2, 0.25) is 0 Å². The van der Waals surface area contributed by atoms with Crippen molar-refractivity contribution in [3.8, 4) is 5.75 Å². The number of rotatable bonds is 1. The molecular weight excluding hydrogens is 477 g/mol. The van der Waals surface area contributed by atoms with Gasteiger partial charge >= 0.3 is 0 Å². The van der Waals surface area contributed by atoms with Crippen molar-refractivity contribution >= 4 is 84.9 Å². The molecule has 0 atom stereocenters. The average Bonchev–Trinajstić information content (AvgIpc) is 1.97. The van der Waals surface area contributed by atoms with Gasteiger partial charge in [-0.05, 0) is 57.3 Å². The van der Waals surface area contributed by atoms with Crippen LogP contribution >= 0.6 is 45.2 Å². The van der Waals surface area contributed by atoms with Gasteiger partial charge < -0.3 is 16.1 Å². The van der Waals surface area contributed by atoms with Gasteiger partial charge in [0, 0.05) is 29.6 Å². The first-order chi connectivity index (χ1) is 5.82. The predicted molar refractivity (Wildman–Crippen MR) is 76.3 cm³/mol. The zero-order chi connectivity index (χ0) is 10.2. The van der Waals surface area contributed by atoms with Gasteiger partial charge in [-0.3, -0.25) is 4.55 Å². The van der Waals surface area contributed by atoms with Crippen molar-refractivity contribution in [3.63, 3.8) is 0 Å². The van der Waals surface area contributed by atoms with E-state index in [0.29, 0.717) is 7.14 Å². The molecule has 0 saturated carbocycles. The molecule has 6 nitrogen and oxygen atoms in total. The summed E-state index contributed by atoms with van der Waals surface area (Å²) in [6.07, 6.45) is 0. The summed E-state index contributed by atoms with van der Waals surface area (Å²) in [7, 11) is -4.19. The summed E-state index contributed by atoms with van der Waals surface area (Å²) < 4.78 is 30.9. The molecular formula is C6H8I2NaO6S. The van der Waals surface area contributed by atoms with Gasteiger partial charge in [0.2, 0.25) is 0 Å². The molecule has 0 amide bonds. The summed E-state index contributed by atoms with van der Waals surface area (Å²) in [5.74, 6) is 0.0219. The molecule has 0 bridgehead atoms. The van der Waals surface area contributed by atoms with E-state index in [9.17, 15) is 13.5 Å². The Bertz CT molecular complexity index is 425. The molecule has 1 aromatic carbocycles. The Labute approximate surface area is 142 Å². The molecule has 0 aliphatic rings. The molecule has 0 aliphatic heterocycles. The number of hydrogen-bond acceptors (Lipinski definition) is 3. The minimum Gasteiger partial charge on any atom is -0.506 e. The van der Waals surface area contributed by atoms with Gasteiger partial charge in [0.25, 0.3) is 10.1 Å². The fourth-order valence-corrected chi connectivity index (χ4v) is 3.42. The third-order valence-corrected chi connectivity index (χ3v) is 3.76. The molecule has 1 radical (unpaired) electrons. The predicted octanol–water partition coefficient (Wildman–Crippen LogP) is -0.182. The fraction of sp³-hybridized carbons (Fsp3) is 0. The van der Waals surface area contributed by atoms with Crippen molar-refractivity contribution in [3.05, 3.63) is 19.3 Å². The maximum atomic E-state index is 10.7. The maximum absolute atomic E-state index is 10.7. The average molecular weight is 485 g/mol. The first kappa shape index (κ1) is 22.5. The molecule has 0 spiro atoms. The monoisotopic (exact) mass is 485 g/mol. The van der Waals surface area contributed by atoms with Crippen LogP contribution in [0.5, 0.6) is 5.75 Å². The normalized spacial score (nSPS) is 9.44. The molecule has 1 aromatic rings. The van der Waals surface area contributed by atoms with Crippen LogP contribution in [0.3, 0.4) is 0 Å². The SMILES string of the molecule is O.O.O=S(=O)(O)c1cc(I)c(O)c(I)c1.[Na]. The molecule has 0 unspecified atom stereocenters. The van der Waals surface area contributed by atoms with E-state index in [1.165, 1.54) is 12.1 Å². The molecule has 0 heterocycles. The summed E-state index contributed by atoms with van der Waals surface area (Å²) in [4.78, 5) is -0.209. The first-order valence-corrected chi connectivity index (χ1v) is 6.57. The van der Waals surface area contributed by atoms with E-state index in [1.54, 1.807) is 45.2 Å². The largest absolute Gasteiger partial charge is 0.506 e.